The SMILES string of the molecule is CCCCC1=C(c2ccc(CCCC)cc2)[N+](=[N-])C(c2ccc(CCCC)cc2)=C1.[CH2-]CC.[CH2-]CC.[Ni+2]. The van der Waals surface area contributed by atoms with E-state index in [-0.39, 0.29) is 16.5 Å². The number of allylic oxidation sites excluding steroid dienone is 2. The molecule has 0 amide bonds. The first kappa shape index (κ1) is 35.0. The maximum atomic E-state index is 11.2. The zero-order chi connectivity index (χ0) is 26.8. The van der Waals surface area contributed by atoms with Crippen LogP contribution in [0.25, 0.3) is 16.9 Å². The summed E-state index contributed by atoms with van der Waals surface area (Å²) in [4.78, 5) is 0. The van der Waals surface area contributed by atoms with E-state index in [2.05, 4.69) is 89.2 Å². The van der Waals surface area contributed by atoms with Crippen LogP contribution in [-0.4, -0.2) is 4.70 Å². The van der Waals surface area contributed by atoms with Gasteiger partial charge >= 0.3 is 16.5 Å². The number of nitrogens with zero attached hydrogens (tertiary/aromatic N) is 2. The molecule has 1 heterocycles. The van der Waals surface area contributed by atoms with E-state index in [4.69, 9.17) is 0 Å². The Balaban J connectivity index is 0.00000169. The maximum absolute atomic E-state index is 11.2. The van der Waals surface area contributed by atoms with E-state index in [0.717, 1.165) is 67.5 Å². The van der Waals surface area contributed by atoms with Gasteiger partial charge in [-0.3, -0.25) is 0 Å². The van der Waals surface area contributed by atoms with Crippen LogP contribution in [0.5, 0.6) is 0 Å². The van der Waals surface area contributed by atoms with E-state index in [1.165, 1.54) is 47.1 Å². The third-order valence-electron chi connectivity index (χ3n) is 5.97. The summed E-state index contributed by atoms with van der Waals surface area (Å²) in [5.41, 5.74) is 19.1. The van der Waals surface area contributed by atoms with Crippen molar-refractivity contribution in [1.82, 2.24) is 0 Å². The summed E-state index contributed by atoms with van der Waals surface area (Å²) in [6, 6.07) is 17.5. The smallest absolute Gasteiger partial charge is 0.493 e. The molecule has 2 aromatic rings. The molecule has 2 nitrogen and oxygen atoms in total. The number of unbranched alkanes of at least 4 members (excludes halogenated alkanes) is 3. The minimum Gasteiger partial charge on any atom is -0.493 e. The molecule has 0 atom stereocenters. The first-order valence-corrected chi connectivity index (χ1v) is 14.2. The fourth-order valence-corrected chi connectivity index (χ4v) is 4.06. The Morgan fingerprint density at radius 2 is 1.00 bits per heavy atom. The monoisotopic (exact) mass is 544 g/mol. The Kier molecular flexibility index (Phi) is 19.9. The van der Waals surface area contributed by atoms with Gasteiger partial charge in [0.15, 0.2) is 0 Å². The standard InChI is InChI=1S/C28H36N2.2C3H7.Ni/c1-4-7-10-22-13-17-24(18-14-22)27-21-26(12-9-6-3)28(30(27)29)25-19-15-23(16-20-25)11-8-5-2;2*1-3-2;/h13-21H,4-12H2,1-3H3;2*1,3H2,2H3;/q;2*-1;+2. The molecule has 0 fully saturated rings. The van der Waals surface area contributed by atoms with Crippen LogP contribution in [0.2, 0.25) is 0 Å². The minimum absolute atomic E-state index is 0. The summed E-state index contributed by atoms with van der Waals surface area (Å²) in [7, 11) is 0. The van der Waals surface area contributed by atoms with Crippen molar-refractivity contribution in [3.05, 3.63) is 102 Å². The molecule has 0 radical (unpaired) electrons. The van der Waals surface area contributed by atoms with E-state index in [0.29, 0.717) is 0 Å². The first-order chi connectivity index (χ1) is 17.5. The zero-order valence-corrected chi connectivity index (χ0v) is 25.1. The third-order valence-corrected chi connectivity index (χ3v) is 5.97. The molecule has 0 N–H and O–H groups in total. The van der Waals surface area contributed by atoms with Crippen molar-refractivity contribution in [2.75, 3.05) is 0 Å². The van der Waals surface area contributed by atoms with Gasteiger partial charge in [0.25, 0.3) is 0 Å². The molecule has 0 aromatic heterocycles. The molecule has 1 aliphatic rings. The average molecular weight is 545 g/mol. The van der Waals surface area contributed by atoms with Gasteiger partial charge < -0.3 is 19.4 Å². The van der Waals surface area contributed by atoms with Crippen molar-refractivity contribution in [3.8, 4) is 0 Å². The predicted molar refractivity (Wildman–Crippen MR) is 159 cm³/mol. The van der Waals surface area contributed by atoms with Gasteiger partial charge in [-0.25, -0.2) is 4.70 Å². The molecule has 0 spiro atoms. The van der Waals surface area contributed by atoms with Crippen LogP contribution in [-0.2, 0) is 29.3 Å². The fraction of sp³-hybridized carbons (Fsp3) is 0.471. The Morgan fingerprint density at radius 3 is 1.41 bits per heavy atom. The minimum atomic E-state index is 0. The van der Waals surface area contributed by atoms with Crippen molar-refractivity contribution in [1.29, 1.82) is 0 Å². The van der Waals surface area contributed by atoms with E-state index in [9.17, 15) is 5.53 Å². The molecule has 0 saturated heterocycles. The molecule has 0 aliphatic carbocycles. The van der Waals surface area contributed by atoms with Crippen molar-refractivity contribution in [3.63, 3.8) is 0 Å². The quantitative estimate of drug-likeness (QED) is 0.152. The normalized spacial score (nSPS) is 12.2. The Hall–Kier alpha value is -1.99. The second kappa shape index (κ2) is 21.0. The van der Waals surface area contributed by atoms with E-state index in [1.807, 2.05) is 13.8 Å². The average Bonchev–Trinajstić information content (AvgIpc) is 3.22. The fourth-order valence-electron chi connectivity index (χ4n) is 4.06. The van der Waals surface area contributed by atoms with Crippen LogP contribution < -0.4 is 0 Å². The molecular formula is C34H50N2Ni. The molecule has 1 aliphatic heterocycles. The number of rotatable bonds is 11. The second-order valence-corrected chi connectivity index (χ2v) is 9.42. The number of benzene rings is 2. The summed E-state index contributed by atoms with van der Waals surface area (Å²) in [5.74, 6) is 0. The van der Waals surface area contributed by atoms with E-state index >= 15 is 0 Å². The molecule has 2 aromatic carbocycles. The third kappa shape index (κ3) is 11.9. The van der Waals surface area contributed by atoms with Crippen LogP contribution in [0.1, 0.15) is 115 Å². The van der Waals surface area contributed by atoms with Gasteiger partial charge in [-0.05, 0) is 73.9 Å². The predicted octanol–water partition coefficient (Wildman–Crippen LogP) is 10.8. The van der Waals surface area contributed by atoms with Crippen LogP contribution in [0.15, 0.2) is 60.2 Å². The number of hydrogen-bond acceptors (Lipinski definition) is 0. The van der Waals surface area contributed by atoms with Crippen LogP contribution in [0, 0.1) is 13.8 Å². The second-order valence-electron chi connectivity index (χ2n) is 9.42. The van der Waals surface area contributed by atoms with Crippen molar-refractivity contribution >= 4 is 11.4 Å². The van der Waals surface area contributed by atoms with Crippen LogP contribution in [0.3, 0.4) is 0 Å². The van der Waals surface area contributed by atoms with Gasteiger partial charge in [0.2, 0.25) is 11.4 Å². The van der Waals surface area contributed by atoms with Crippen molar-refractivity contribution in [2.45, 2.75) is 105 Å². The summed E-state index contributed by atoms with van der Waals surface area (Å²) >= 11 is 0. The van der Waals surface area contributed by atoms with Crippen molar-refractivity contribution < 1.29 is 21.2 Å². The Morgan fingerprint density at radius 1 is 0.622 bits per heavy atom. The molecule has 37 heavy (non-hydrogen) atoms. The molecule has 0 unspecified atom stereocenters. The van der Waals surface area contributed by atoms with Gasteiger partial charge in [0.1, 0.15) is 0 Å². The summed E-state index contributed by atoms with van der Waals surface area (Å²) < 4.78 is 1.41. The maximum Gasteiger partial charge on any atom is 2.00 e. The van der Waals surface area contributed by atoms with Crippen molar-refractivity contribution in [2.24, 2.45) is 0 Å². The molecular weight excluding hydrogens is 495 g/mol. The van der Waals surface area contributed by atoms with E-state index in [1.54, 1.807) is 0 Å². The van der Waals surface area contributed by atoms with Gasteiger partial charge in [0.05, 0.1) is 0 Å². The zero-order valence-electron chi connectivity index (χ0n) is 24.1. The van der Waals surface area contributed by atoms with Crippen LogP contribution >= 0.6 is 0 Å². The number of aryl methyl sites for hydroxylation is 2. The Bertz CT molecular complexity index is 935. The van der Waals surface area contributed by atoms with Gasteiger partial charge in [-0.2, -0.15) is 12.8 Å². The molecule has 3 rings (SSSR count). The molecule has 0 bridgehead atoms. The topological polar surface area (TPSA) is 25.3 Å². The van der Waals surface area contributed by atoms with Gasteiger partial charge in [-0.15, -0.1) is 0 Å². The molecule has 206 valence electrons. The first-order valence-electron chi connectivity index (χ1n) is 14.2. The van der Waals surface area contributed by atoms with Gasteiger partial charge in [0, 0.05) is 22.8 Å². The Labute approximate surface area is 239 Å². The van der Waals surface area contributed by atoms with Crippen LogP contribution in [0.4, 0.5) is 0 Å². The van der Waals surface area contributed by atoms with E-state index < -0.39 is 0 Å². The summed E-state index contributed by atoms with van der Waals surface area (Å²) in [6.07, 6.45) is 14.5. The number of hydrogen-bond donors (Lipinski definition) is 0. The summed E-state index contributed by atoms with van der Waals surface area (Å²) in [6.45, 7) is 17.7. The molecule has 3 heteroatoms. The largest absolute Gasteiger partial charge is 2.00 e. The molecule has 0 saturated carbocycles. The summed E-state index contributed by atoms with van der Waals surface area (Å²) in [5, 5.41) is 0. The van der Waals surface area contributed by atoms with Gasteiger partial charge in [-0.1, -0.05) is 78.1 Å².